The zero-order valence-corrected chi connectivity index (χ0v) is 12.7. The number of aromatic nitrogens is 2. The standard InChI is InChI=1S/C14H26N4O/c1-6-7-15-13-12(19-5)14(18-9-17-13)16-8-11(4)10(2)3/h9-11H,6-8H2,1-5H3,(H2,15,16,17,18). The normalized spacial score (nSPS) is 12.3. The van der Waals surface area contributed by atoms with Gasteiger partial charge in [-0.1, -0.05) is 27.7 Å². The van der Waals surface area contributed by atoms with E-state index in [4.69, 9.17) is 4.74 Å². The first-order valence-corrected chi connectivity index (χ1v) is 6.96. The van der Waals surface area contributed by atoms with Crippen LogP contribution in [0.5, 0.6) is 5.75 Å². The molecule has 0 aromatic carbocycles. The van der Waals surface area contributed by atoms with Gasteiger partial charge in [0.2, 0.25) is 5.75 Å². The Hall–Kier alpha value is -1.52. The number of methoxy groups -OCH3 is 1. The molecule has 5 nitrogen and oxygen atoms in total. The van der Waals surface area contributed by atoms with Crippen LogP contribution < -0.4 is 15.4 Å². The maximum atomic E-state index is 5.42. The lowest BCUT2D eigenvalue weighted by molar-refractivity contribution is 0.411. The summed E-state index contributed by atoms with van der Waals surface area (Å²) < 4.78 is 5.42. The molecule has 19 heavy (non-hydrogen) atoms. The summed E-state index contributed by atoms with van der Waals surface area (Å²) >= 11 is 0. The van der Waals surface area contributed by atoms with E-state index in [0.717, 1.165) is 31.1 Å². The van der Waals surface area contributed by atoms with Crippen LogP contribution in [-0.4, -0.2) is 30.2 Å². The fraction of sp³-hybridized carbons (Fsp3) is 0.714. The zero-order valence-electron chi connectivity index (χ0n) is 12.7. The number of nitrogens with zero attached hydrogens (tertiary/aromatic N) is 2. The van der Waals surface area contributed by atoms with Crippen LogP contribution in [0, 0.1) is 11.8 Å². The van der Waals surface area contributed by atoms with Gasteiger partial charge in [0, 0.05) is 13.1 Å². The Morgan fingerprint density at radius 3 is 2.32 bits per heavy atom. The third-order valence-corrected chi connectivity index (χ3v) is 3.28. The van der Waals surface area contributed by atoms with Crippen LogP contribution in [0.4, 0.5) is 11.6 Å². The molecule has 0 saturated carbocycles. The number of rotatable bonds is 8. The van der Waals surface area contributed by atoms with Crippen LogP contribution in [0.3, 0.4) is 0 Å². The van der Waals surface area contributed by atoms with Gasteiger partial charge in [0.25, 0.3) is 0 Å². The van der Waals surface area contributed by atoms with E-state index in [0.29, 0.717) is 17.6 Å². The van der Waals surface area contributed by atoms with Gasteiger partial charge in [0.1, 0.15) is 6.33 Å². The van der Waals surface area contributed by atoms with Crippen LogP contribution in [0.2, 0.25) is 0 Å². The first kappa shape index (κ1) is 15.5. The highest BCUT2D eigenvalue weighted by atomic mass is 16.5. The van der Waals surface area contributed by atoms with Gasteiger partial charge >= 0.3 is 0 Å². The minimum atomic E-state index is 0.576. The molecule has 0 saturated heterocycles. The van der Waals surface area contributed by atoms with Gasteiger partial charge in [-0.25, -0.2) is 9.97 Å². The van der Waals surface area contributed by atoms with Gasteiger partial charge < -0.3 is 15.4 Å². The average Bonchev–Trinajstić information content (AvgIpc) is 2.41. The summed E-state index contributed by atoms with van der Waals surface area (Å²) in [4.78, 5) is 8.49. The second-order valence-electron chi connectivity index (χ2n) is 5.13. The molecule has 0 bridgehead atoms. The van der Waals surface area contributed by atoms with Crippen molar-refractivity contribution in [2.75, 3.05) is 30.8 Å². The minimum absolute atomic E-state index is 0.576. The van der Waals surface area contributed by atoms with Crippen molar-refractivity contribution < 1.29 is 4.74 Å². The molecule has 0 radical (unpaired) electrons. The highest BCUT2D eigenvalue weighted by molar-refractivity contribution is 5.63. The van der Waals surface area contributed by atoms with Gasteiger partial charge in [-0.2, -0.15) is 0 Å². The van der Waals surface area contributed by atoms with E-state index in [1.54, 1.807) is 13.4 Å². The second kappa shape index (κ2) is 7.81. The summed E-state index contributed by atoms with van der Waals surface area (Å²) in [6, 6.07) is 0. The smallest absolute Gasteiger partial charge is 0.204 e. The van der Waals surface area contributed by atoms with E-state index in [1.807, 2.05) is 0 Å². The summed E-state index contributed by atoms with van der Waals surface area (Å²) in [6.07, 6.45) is 2.60. The van der Waals surface area contributed by atoms with Crippen molar-refractivity contribution in [1.82, 2.24) is 9.97 Å². The van der Waals surface area contributed by atoms with Crippen LogP contribution in [0.1, 0.15) is 34.1 Å². The number of hydrogen-bond donors (Lipinski definition) is 2. The molecule has 0 amide bonds. The molecule has 1 rings (SSSR count). The molecule has 0 fully saturated rings. The summed E-state index contributed by atoms with van der Waals surface area (Å²) in [5.74, 6) is 3.40. The molecule has 1 unspecified atom stereocenters. The van der Waals surface area contributed by atoms with Gasteiger partial charge in [-0.15, -0.1) is 0 Å². The van der Waals surface area contributed by atoms with Gasteiger partial charge in [-0.05, 0) is 18.3 Å². The Kier molecular flexibility index (Phi) is 6.39. The largest absolute Gasteiger partial charge is 0.490 e. The van der Waals surface area contributed by atoms with E-state index in [2.05, 4.69) is 48.3 Å². The lowest BCUT2D eigenvalue weighted by atomic mass is 9.98. The Balaban J connectivity index is 2.76. The number of hydrogen-bond acceptors (Lipinski definition) is 5. The van der Waals surface area contributed by atoms with Crippen LogP contribution in [0.15, 0.2) is 6.33 Å². The molecule has 1 heterocycles. The minimum Gasteiger partial charge on any atom is -0.490 e. The Labute approximate surface area is 116 Å². The van der Waals surface area contributed by atoms with Crippen LogP contribution in [-0.2, 0) is 0 Å². The Morgan fingerprint density at radius 2 is 1.79 bits per heavy atom. The molecule has 0 aliphatic carbocycles. The predicted molar refractivity (Wildman–Crippen MR) is 79.9 cm³/mol. The molecule has 108 valence electrons. The molecule has 0 aliphatic heterocycles. The van der Waals surface area contributed by atoms with E-state index < -0.39 is 0 Å². The molecule has 0 aliphatic rings. The summed E-state index contributed by atoms with van der Waals surface area (Å²) in [6.45, 7) is 10.5. The third-order valence-electron chi connectivity index (χ3n) is 3.28. The van der Waals surface area contributed by atoms with Gasteiger partial charge in [0.15, 0.2) is 11.6 Å². The number of anilines is 2. The third kappa shape index (κ3) is 4.58. The van der Waals surface area contributed by atoms with Crippen molar-refractivity contribution in [2.24, 2.45) is 11.8 Å². The highest BCUT2D eigenvalue weighted by Crippen LogP contribution is 2.29. The van der Waals surface area contributed by atoms with E-state index in [1.165, 1.54) is 0 Å². The quantitative estimate of drug-likeness (QED) is 0.757. The van der Waals surface area contributed by atoms with Gasteiger partial charge in [0.05, 0.1) is 7.11 Å². The molecular formula is C14H26N4O. The maximum Gasteiger partial charge on any atom is 0.204 e. The van der Waals surface area contributed by atoms with E-state index in [9.17, 15) is 0 Å². The van der Waals surface area contributed by atoms with Crippen LogP contribution >= 0.6 is 0 Å². The second-order valence-corrected chi connectivity index (χ2v) is 5.13. The van der Waals surface area contributed by atoms with Crippen molar-refractivity contribution in [3.63, 3.8) is 0 Å². The number of nitrogens with one attached hydrogen (secondary N) is 2. The predicted octanol–water partition coefficient (Wildman–Crippen LogP) is 3.01. The summed E-state index contributed by atoms with van der Waals surface area (Å²) in [7, 11) is 1.65. The fourth-order valence-electron chi connectivity index (χ4n) is 1.56. The molecule has 5 heteroatoms. The van der Waals surface area contributed by atoms with E-state index >= 15 is 0 Å². The SMILES string of the molecule is CCCNc1ncnc(NCC(C)C(C)C)c1OC. The highest BCUT2D eigenvalue weighted by Gasteiger charge is 2.13. The molecule has 1 atom stereocenters. The first-order chi connectivity index (χ1) is 9.10. The average molecular weight is 266 g/mol. The van der Waals surface area contributed by atoms with Crippen molar-refractivity contribution in [1.29, 1.82) is 0 Å². The molecule has 0 spiro atoms. The van der Waals surface area contributed by atoms with E-state index in [-0.39, 0.29) is 0 Å². The maximum absolute atomic E-state index is 5.42. The van der Waals surface area contributed by atoms with Gasteiger partial charge in [-0.3, -0.25) is 0 Å². The molecular weight excluding hydrogens is 240 g/mol. The van der Waals surface area contributed by atoms with Crippen molar-refractivity contribution in [3.05, 3.63) is 6.33 Å². The summed E-state index contributed by atoms with van der Waals surface area (Å²) in [5, 5.41) is 6.59. The topological polar surface area (TPSA) is 59.1 Å². The first-order valence-electron chi connectivity index (χ1n) is 6.96. The monoisotopic (exact) mass is 266 g/mol. The van der Waals surface area contributed by atoms with Crippen molar-refractivity contribution in [2.45, 2.75) is 34.1 Å². The summed E-state index contributed by atoms with van der Waals surface area (Å²) in [5.41, 5.74) is 0. The van der Waals surface area contributed by atoms with Crippen molar-refractivity contribution >= 4 is 11.6 Å². The van der Waals surface area contributed by atoms with Crippen LogP contribution in [0.25, 0.3) is 0 Å². The fourth-order valence-corrected chi connectivity index (χ4v) is 1.56. The Bertz CT molecular complexity index is 382. The van der Waals surface area contributed by atoms with Crippen molar-refractivity contribution in [3.8, 4) is 5.75 Å². The lowest BCUT2D eigenvalue weighted by Gasteiger charge is -2.18. The number of ether oxygens (including phenoxy) is 1. The molecule has 1 aromatic heterocycles. The Morgan fingerprint density at radius 1 is 1.16 bits per heavy atom. The molecule has 2 N–H and O–H groups in total. The zero-order chi connectivity index (χ0) is 14.3. The lowest BCUT2D eigenvalue weighted by Crippen LogP contribution is -2.18. The molecule has 1 aromatic rings.